The van der Waals surface area contributed by atoms with Crippen molar-refractivity contribution in [1.29, 1.82) is 0 Å². The second-order valence-corrected chi connectivity index (χ2v) is 0.283. The SMILES string of the molecule is O=C(O)O.[Ar].[Cs+].[H-]. The van der Waals surface area contributed by atoms with E-state index < -0.39 is 6.16 Å². The van der Waals surface area contributed by atoms with Crippen LogP contribution in [0.4, 0.5) is 4.79 Å². The van der Waals surface area contributed by atoms with Gasteiger partial charge in [0.15, 0.2) is 0 Å². The van der Waals surface area contributed by atoms with Crippen LogP contribution in [-0.2, 0) is 0 Å². The molecule has 0 aromatic heterocycles. The smallest absolute Gasteiger partial charge is 1.00 e. The van der Waals surface area contributed by atoms with Gasteiger partial charge in [-0.05, 0) is 0 Å². The van der Waals surface area contributed by atoms with E-state index in [1.807, 2.05) is 0 Å². The first-order valence-corrected chi connectivity index (χ1v) is 0.651. The molecule has 0 aliphatic heterocycles. The van der Waals surface area contributed by atoms with Crippen molar-refractivity contribution in [3.8, 4) is 0 Å². The average molecular weight is 236 g/mol. The predicted octanol–water partition coefficient (Wildman–Crippen LogP) is -2.66. The molecule has 0 spiro atoms. The third kappa shape index (κ3) is 30.8. The van der Waals surface area contributed by atoms with Crippen molar-refractivity contribution in [2.45, 2.75) is 0 Å². The molecule has 0 unspecified atom stereocenters. The van der Waals surface area contributed by atoms with Gasteiger partial charge in [-0.2, -0.15) is 0 Å². The topological polar surface area (TPSA) is 57.5 Å². The number of carbonyl (C=O) groups is 1. The van der Waals surface area contributed by atoms with Crippen molar-refractivity contribution in [1.82, 2.24) is 0 Å². The van der Waals surface area contributed by atoms with E-state index in [9.17, 15) is 0 Å². The normalized spacial score (nSPS) is 4.00. The third-order valence-corrected chi connectivity index (χ3v) is 0. The van der Waals surface area contributed by atoms with Crippen LogP contribution in [0.1, 0.15) is 1.43 Å². The van der Waals surface area contributed by atoms with Crippen LogP contribution in [0.3, 0.4) is 0 Å². The van der Waals surface area contributed by atoms with E-state index in [2.05, 4.69) is 0 Å². The maximum Gasteiger partial charge on any atom is 1.00 e. The van der Waals surface area contributed by atoms with Crippen LogP contribution < -0.4 is 68.9 Å². The Hall–Kier alpha value is 2.58. The van der Waals surface area contributed by atoms with Crippen molar-refractivity contribution in [2.75, 3.05) is 0 Å². The van der Waals surface area contributed by atoms with Crippen LogP contribution in [0.25, 0.3) is 0 Å². The van der Waals surface area contributed by atoms with Gasteiger partial charge in [0.2, 0.25) is 0 Å². The van der Waals surface area contributed by atoms with Crippen molar-refractivity contribution >= 4 is 6.16 Å². The zero-order valence-corrected chi connectivity index (χ0v) is 10.1. The fraction of sp³-hybridized carbons (Fsp3) is 0. The number of hydrogen-bond acceptors (Lipinski definition) is 1. The zero-order valence-electron chi connectivity index (χ0n) is 4.16. The Morgan fingerprint density at radius 3 is 1.50 bits per heavy atom. The molecule has 0 heterocycles. The van der Waals surface area contributed by atoms with Gasteiger partial charge >= 0.3 is 75.0 Å². The Morgan fingerprint density at radius 2 is 1.50 bits per heavy atom. The molecule has 0 saturated carbocycles. The first kappa shape index (κ1) is 15.8. The molecule has 0 fully saturated rings. The molecule has 0 aromatic carbocycles. The van der Waals surface area contributed by atoms with Crippen LogP contribution >= 0.6 is 0 Å². The van der Waals surface area contributed by atoms with E-state index in [0.717, 1.165) is 0 Å². The zero-order chi connectivity index (χ0) is 3.58. The molecule has 0 aromatic rings. The van der Waals surface area contributed by atoms with Gasteiger partial charge in [-0.15, -0.1) is 0 Å². The summed E-state index contributed by atoms with van der Waals surface area (Å²) >= 11 is 0. The van der Waals surface area contributed by atoms with Gasteiger partial charge in [0.1, 0.15) is 0 Å². The van der Waals surface area contributed by atoms with Crippen LogP contribution in [0.2, 0.25) is 0 Å². The van der Waals surface area contributed by atoms with Crippen LogP contribution in [-0.4, -0.2) is 16.4 Å². The summed E-state index contributed by atoms with van der Waals surface area (Å²) in [4.78, 5) is 8.56. The molecule has 34 valence electrons. The first-order valence-electron chi connectivity index (χ1n) is 0.651. The molecule has 6 heavy (non-hydrogen) atoms. The third-order valence-electron chi connectivity index (χ3n) is 0. The summed E-state index contributed by atoms with van der Waals surface area (Å²) in [5, 5.41) is 13.9. The summed E-state index contributed by atoms with van der Waals surface area (Å²) in [5.41, 5.74) is 0. The summed E-state index contributed by atoms with van der Waals surface area (Å²) in [7, 11) is 0. The van der Waals surface area contributed by atoms with Gasteiger partial charge in [-0.25, -0.2) is 4.79 Å². The fourth-order valence-electron chi connectivity index (χ4n) is 0. The predicted molar refractivity (Wildman–Crippen MR) is 11.8 cm³/mol. The van der Waals surface area contributed by atoms with E-state index in [4.69, 9.17) is 15.0 Å². The van der Waals surface area contributed by atoms with Crippen molar-refractivity contribution < 1.29 is 123 Å². The standard InChI is InChI=1S/CH2O3.Ar.Cs.H/c2-1(3)4;;;/h(H2,2,3,4);;;/q;;+1;-1. The molecule has 0 aliphatic carbocycles. The first-order chi connectivity index (χ1) is 1.73. The van der Waals surface area contributed by atoms with Crippen LogP contribution in [0.15, 0.2) is 0 Å². The number of carboxylic acid groups (broad SMARTS) is 2. The van der Waals surface area contributed by atoms with Crippen molar-refractivity contribution in [3.63, 3.8) is 0 Å². The van der Waals surface area contributed by atoms with Gasteiger partial charge < -0.3 is 11.6 Å². The number of hydrogen-bond donors (Lipinski definition) is 2. The minimum absolute atomic E-state index is 0. The van der Waals surface area contributed by atoms with Crippen LogP contribution in [0.5, 0.6) is 0 Å². The Morgan fingerprint density at radius 1 is 1.50 bits per heavy atom. The van der Waals surface area contributed by atoms with E-state index in [1.54, 1.807) is 0 Å². The van der Waals surface area contributed by atoms with Crippen LogP contribution in [0, 0.1) is 37.7 Å². The van der Waals surface area contributed by atoms with E-state index in [-0.39, 0.29) is 108 Å². The molecule has 0 rings (SSSR count). The Balaban J connectivity index is -0.0000000150. The average Bonchev–Trinajstić information content (AvgIpc) is 0.811. The Labute approximate surface area is 125 Å². The molecule has 0 radical (unpaired) electrons. The quantitative estimate of drug-likeness (QED) is 0.482. The number of rotatable bonds is 0. The molecular formula is CH3ArCsO3. The molecule has 3 nitrogen and oxygen atoms in total. The molecule has 5 heteroatoms. The summed E-state index contributed by atoms with van der Waals surface area (Å²) in [6, 6.07) is 0. The molecule has 0 aliphatic rings. The molecular weight excluding hydrogens is 233 g/mol. The summed E-state index contributed by atoms with van der Waals surface area (Å²) < 4.78 is 0. The minimum atomic E-state index is -1.83. The van der Waals surface area contributed by atoms with E-state index in [0.29, 0.717) is 0 Å². The van der Waals surface area contributed by atoms with E-state index >= 15 is 0 Å². The molecule has 2 N–H and O–H groups in total. The molecule has 0 amide bonds. The van der Waals surface area contributed by atoms with Gasteiger partial charge in [-0.1, -0.05) is 0 Å². The molecule has 0 saturated heterocycles. The second kappa shape index (κ2) is 10.5. The summed E-state index contributed by atoms with van der Waals surface area (Å²) in [6.07, 6.45) is -1.83. The summed E-state index contributed by atoms with van der Waals surface area (Å²) in [6.45, 7) is 0. The second-order valence-electron chi connectivity index (χ2n) is 0.283. The van der Waals surface area contributed by atoms with Gasteiger partial charge in [-0.3, -0.25) is 0 Å². The van der Waals surface area contributed by atoms with Gasteiger partial charge in [0, 0.05) is 37.7 Å². The van der Waals surface area contributed by atoms with E-state index in [1.165, 1.54) is 0 Å². The monoisotopic (exact) mass is 236 g/mol. The van der Waals surface area contributed by atoms with Crippen molar-refractivity contribution in [3.05, 3.63) is 0 Å². The molecule has 0 bridgehead atoms. The Kier molecular flexibility index (Phi) is 27.8. The maximum atomic E-state index is 8.56. The Bertz CT molecular complexity index is 37.9. The largest absolute Gasteiger partial charge is 1.00 e. The maximum absolute atomic E-state index is 8.56. The summed E-state index contributed by atoms with van der Waals surface area (Å²) in [5.74, 6) is 0. The minimum Gasteiger partial charge on any atom is -1.00 e. The molecule has 0 atom stereocenters. The fourth-order valence-corrected chi connectivity index (χ4v) is 0. The van der Waals surface area contributed by atoms with Crippen molar-refractivity contribution in [2.24, 2.45) is 0 Å². The van der Waals surface area contributed by atoms with Gasteiger partial charge in [0.05, 0.1) is 0 Å². The van der Waals surface area contributed by atoms with Gasteiger partial charge in [0.25, 0.3) is 0 Å².